The lowest BCUT2D eigenvalue weighted by atomic mass is 9.99. The molecule has 90 valence electrons. The number of nitriles is 1. The molecule has 0 N–H and O–H groups in total. The number of anilines is 1. The molecule has 2 heterocycles. The van der Waals surface area contributed by atoms with Gasteiger partial charge in [-0.05, 0) is 27.0 Å². The summed E-state index contributed by atoms with van der Waals surface area (Å²) in [5, 5.41) is 17.1. The van der Waals surface area contributed by atoms with Crippen LogP contribution < -0.4 is 4.90 Å². The summed E-state index contributed by atoms with van der Waals surface area (Å²) in [7, 11) is 2.12. The van der Waals surface area contributed by atoms with E-state index in [0.29, 0.717) is 11.4 Å². The second kappa shape index (κ2) is 4.30. The van der Waals surface area contributed by atoms with Crippen LogP contribution in [0.1, 0.15) is 19.4 Å². The van der Waals surface area contributed by atoms with Crippen molar-refractivity contribution in [2.75, 3.05) is 31.6 Å². The van der Waals surface area contributed by atoms with Crippen molar-refractivity contribution in [3.63, 3.8) is 0 Å². The quantitative estimate of drug-likeness (QED) is 0.718. The first-order valence-electron chi connectivity index (χ1n) is 5.72. The Morgan fingerprint density at radius 1 is 1.41 bits per heavy atom. The fraction of sp³-hybridized carbons (Fsp3) is 0.583. The van der Waals surface area contributed by atoms with Crippen molar-refractivity contribution < 1.29 is 0 Å². The lowest BCUT2D eigenvalue weighted by molar-refractivity contribution is 0.138. The van der Waals surface area contributed by atoms with Gasteiger partial charge in [0.2, 0.25) is 0 Å². The van der Waals surface area contributed by atoms with Gasteiger partial charge in [0, 0.05) is 25.2 Å². The predicted octanol–water partition coefficient (Wildman–Crippen LogP) is 0.879. The minimum absolute atomic E-state index is 0.0858. The average Bonchev–Trinajstić information content (AvgIpc) is 2.32. The van der Waals surface area contributed by atoms with E-state index in [9.17, 15) is 0 Å². The molecule has 1 aromatic heterocycles. The van der Waals surface area contributed by atoms with E-state index in [2.05, 4.69) is 47.0 Å². The number of hydrogen-bond acceptors (Lipinski definition) is 5. The van der Waals surface area contributed by atoms with Gasteiger partial charge < -0.3 is 4.90 Å². The largest absolute Gasteiger partial charge is 0.351 e. The van der Waals surface area contributed by atoms with Crippen LogP contribution in [-0.2, 0) is 0 Å². The smallest absolute Gasteiger partial charge is 0.169 e. The van der Waals surface area contributed by atoms with Gasteiger partial charge >= 0.3 is 0 Å². The topological polar surface area (TPSA) is 56.1 Å². The molecule has 0 amide bonds. The summed E-state index contributed by atoms with van der Waals surface area (Å²) in [5.41, 5.74) is 0.683. The molecular weight excluding hydrogens is 214 g/mol. The van der Waals surface area contributed by atoms with E-state index in [1.54, 1.807) is 12.3 Å². The number of piperazine rings is 1. The molecule has 1 aliphatic rings. The van der Waals surface area contributed by atoms with Crippen LogP contribution in [0.4, 0.5) is 5.82 Å². The summed E-state index contributed by atoms with van der Waals surface area (Å²) in [4.78, 5) is 4.47. The highest BCUT2D eigenvalue weighted by Crippen LogP contribution is 2.24. The van der Waals surface area contributed by atoms with Gasteiger partial charge in [0.1, 0.15) is 6.07 Å². The van der Waals surface area contributed by atoms with Crippen molar-refractivity contribution >= 4 is 5.82 Å². The normalized spacial score (nSPS) is 20.0. The monoisotopic (exact) mass is 231 g/mol. The molecule has 0 bridgehead atoms. The highest BCUT2D eigenvalue weighted by molar-refractivity contribution is 5.53. The van der Waals surface area contributed by atoms with Gasteiger partial charge in [-0.1, -0.05) is 0 Å². The first-order chi connectivity index (χ1) is 8.04. The summed E-state index contributed by atoms with van der Waals surface area (Å²) in [6.45, 7) is 7.10. The molecule has 1 saturated heterocycles. The predicted molar refractivity (Wildman–Crippen MR) is 65.7 cm³/mol. The van der Waals surface area contributed by atoms with E-state index < -0.39 is 0 Å². The molecule has 1 fully saturated rings. The summed E-state index contributed by atoms with van der Waals surface area (Å²) in [6.07, 6.45) is 1.56. The van der Waals surface area contributed by atoms with E-state index in [-0.39, 0.29) is 5.54 Å². The van der Waals surface area contributed by atoms with Crippen molar-refractivity contribution in [1.29, 1.82) is 5.26 Å². The van der Waals surface area contributed by atoms with Crippen LogP contribution in [0.3, 0.4) is 0 Å². The SMILES string of the molecule is CN1CCN(c2nnccc2C#N)CC1(C)C. The van der Waals surface area contributed by atoms with Crippen LogP contribution in [0.25, 0.3) is 0 Å². The Morgan fingerprint density at radius 3 is 2.82 bits per heavy atom. The zero-order valence-electron chi connectivity index (χ0n) is 10.5. The Bertz CT molecular complexity index is 448. The third kappa shape index (κ3) is 2.22. The van der Waals surface area contributed by atoms with Crippen LogP contribution >= 0.6 is 0 Å². The van der Waals surface area contributed by atoms with Crippen molar-refractivity contribution in [1.82, 2.24) is 15.1 Å². The van der Waals surface area contributed by atoms with Crippen molar-refractivity contribution in [2.45, 2.75) is 19.4 Å². The van der Waals surface area contributed by atoms with Crippen LogP contribution in [0, 0.1) is 11.3 Å². The Labute approximate surface area is 102 Å². The van der Waals surface area contributed by atoms with Crippen LogP contribution in [0.15, 0.2) is 12.3 Å². The minimum atomic E-state index is 0.0858. The third-order valence-electron chi connectivity index (χ3n) is 3.44. The van der Waals surface area contributed by atoms with E-state index in [4.69, 9.17) is 5.26 Å². The Kier molecular flexibility index (Phi) is 2.99. The van der Waals surface area contributed by atoms with E-state index in [0.717, 1.165) is 19.6 Å². The van der Waals surface area contributed by atoms with Gasteiger partial charge in [0.15, 0.2) is 5.82 Å². The molecule has 2 rings (SSSR count). The standard InChI is InChI=1S/C12H17N5/c1-12(2)9-17(7-6-16(12)3)11-10(8-13)4-5-14-15-11/h4-5H,6-7,9H2,1-3H3. The third-order valence-corrected chi connectivity index (χ3v) is 3.44. The number of rotatable bonds is 1. The second-order valence-corrected chi connectivity index (χ2v) is 5.04. The Morgan fingerprint density at radius 2 is 2.18 bits per heavy atom. The molecule has 0 spiro atoms. The zero-order valence-corrected chi connectivity index (χ0v) is 10.5. The van der Waals surface area contributed by atoms with E-state index in [1.165, 1.54) is 0 Å². The van der Waals surface area contributed by atoms with E-state index in [1.807, 2.05) is 0 Å². The molecule has 1 aliphatic heterocycles. The van der Waals surface area contributed by atoms with Crippen LogP contribution in [0.2, 0.25) is 0 Å². The fourth-order valence-corrected chi connectivity index (χ4v) is 2.07. The van der Waals surface area contributed by atoms with Crippen LogP contribution in [-0.4, -0.2) is 47.3 Å². The molecule has 0 aliphatic carbocycles. The zero-order chi connectivity index (χ0) is 12.5. The van der Waals surface area contributed by atoms with Gasteiger partial charge in [-0.15, -0.1) is 5.10 Å². The number of nitrogens with zero attached hydrogens (tertiary/aromatic N) is 5. The minimum Gasteiger partial charge on any atom is -0.351 e. The Balaban J connectivity index is 2.27. The number of likely N-dealkylation sites (N-methyl/N-ethyl adjacent to an activating group) is 1. The number of aromatic nitrogens is 2. The maximum atomic E-state index is 9.08. The molecule has 0 aromatic carbocycles. The molecule has 5 nitrogen and oxygen atoms in total. The lowest BCUT2D eigenvalue weighted by Crippen LogP contribution is -2.58. The van der Waals surface area contributed by atoms with Gasteiger partial charge in [-0.3, -0.25) is 4.90 Å². The summed E-state index contributed by atoms with van der Waals surface area (Å²) in [5.74, 6) is 0.705. The summed E-state index contributed by atoms with van der Waals surface area (Å²) >= 11 is 0. The molecule has 0 unspecified atom stereocenters. The fourth-order valence-electron chi connectivity index (χ4n) is 2.07. The first kappa shape index (κ1) is 11.8. The molecule has 17 heavy (non-hydrogen) atoms. The molecule has 5 heteroatoms. The van der Waals surface area contributed by atoms with Gasteiger partial charge in [0.05, 0.1) is 11.8 Å². The summed E-state index contributed by atoms with van der Waals surface area (Å²) < 4.78 is 0. The molecule has 0 saturated carbocycles. The van der Waals surface area contributed by atoms with Gasteiger partial charge in [0.25, 0.3) is 0 Å². The first-order valence-corrected chi connectivity index (χ1v) is 5.72. The maximum absolute atomic E-state index is 9.08. The van der Waals surface area contributed by atoms with Gasteiger partial charge in [-0.25, -0.2) is 0 Å². The molecule has 0 radical (unpaired) electrons. The highest BCUT2D eigenvalue weighted by atomic mass is 15.3. The van der Waals surface area contributed by atoms with Crippen molar-refractivity contribution in [2.24, 2.45) is 0 Å². The number of hydrogen-bond donors (Lipinski definition) is 0. The Hall–Kier alpha value is -1.67. The lowest BCUT2D eigenvalue weighted by Gasteiger charge is -2.45. The second-order valence-electron chi connectivity index (χ2n) is 5.04. The molecular formula is C12H17N5. The average molecular weight is 231 g/mol. The van der Waals surface area contributed by atoms with E-state index >= 15 is 0 Å². The maximum Gasteiger partial charge on any atom is 0.169 e. The molecule has 0 atom stereocenters. The molecule has 1 aromatic rings. The van der Waals surface area contributed by atoms with Gasteiger partial charge in [-0.2, -0.15) is 10.4 Å². The van der Waals surface area contributed by atoms with Crippen molar-refractivity contribution in [3.05, 3.63) is 17.8 Å². The van der Waals surface area contributed by atoms with Crippen molar-refractivity contribution in [3.8, 4) is 6.07 Å². The summed E-state index contributed by atoms with van der Waals surface area (Å²) in [6, 6.07) is 3.89. The highest BCUT2D eigenvalue weighted by Gasteiger charge is 2.32. The van der Waals surface area contributed by atoms with Crippen LogP contribution in [0.5, 0.6) is 0 Å².